The van der Waals surface area contributed by atoms with Gasteiger partial charge in [0.1, 0.15) is 5.56 Å². The van der Waals surface area contributed by atoms with Crippen molar-refractivity contribution in [3.63, 3.8) is 0 Å². The van der Waals surface area contributed by atoms with Crippen molar-refractivity contribution >= 4 is 5.91 Å². The SMILES string of the molecule is CCCCCNC(=O)c1cc2c([nH]c1=O)CCCC2. The van der Waals surface area contributed by atoms with Crippen LogP contribution in [0.15, 0.2) is 10.9 Å². The number of unbranched alkanes of at least 4 members (excludes halogenated alkanes) is 2. The van der Waals surface area contributed by atoms with Crippen molar-refractivity contribution in [2.45, 2.75) is 51.9 Å². The number of carbonyl (C=O) groups excluding carboxylic acids is 1. The number of nitrogens with one attached hydrogen (secondary N) is 2. The molecule has 0 saturated heterocycles. The number of fused-ring (bicyclic) bond motifs is 1. The summed E-state index contributed by atoms with van der Waals surface area (Å²) in [5.74, 6) is -0.245. The van der Waals surface area contributed by atoms with Gasteiger partial charge in [0.15, 0.2) is 0 Å². The summed E-state index contributed by atoms with van der Waals surface area (Å²) in [6.45, 7) is 2.76. The van der Waals surface area contributed by atoms with Crippen LogP contribution >= 0.6 is 0 Å². The minimum atomic E-state index is -0.256. The Kier molecular flexibility index (Phi) is 4.77. The maximum atomic E-state index is 12.0. The topological polar surface area (TPSA) is 62.0 Å². The number of aromatic nitrogens is 1. The highest BCUT2D eigenvalue weighted by Gasteiger charge is 2.16. The molecule has 1 aliphatic carbocycles. The molecule has 104 valence electrons. The van der Waals surface area contributed by atoms with Crippen LogP contribution in [-0.4, -0.2) is 17.4 Å². The van der Waals surface area contributed by atoms with Crippen molar-refractivity contribution in [2.24, 2.45) is 0 Å². The predicted molar refractivity (Wildman–Crippen MR) is 75.6 cm³/mol. The molecule has 1 amide bonds. The molecule has 0 aromatic carbocycles. The quantitative estimate of drug-likeness (QED) is 0.799. The van der Waals surface area contributed by atoms with E-state index < -0.39 is 0 Å². The Morgan fingerprint density at radius 2 is 2.11 bits per heavy atom. The first-order chi connectivity index (χ1) is 9.22. The monoisotopic (exact) mass is 262 g/mol. The summed E-state index contributed by atoms with van der Waals surface area (Å²) in [6, 6.07) is 1.78. The van der Waals surface area contributed by atoms with Crippen LogP contribution in [0.1, 0.15) is 60.6 Å². The van der Waals surface area contributed by atoms with E-state index in [1.54, 1.807) is 6.07 Å². The van der Waals surface area contributed by atoms with Crippen molar-refractivity contribution in [2.75, 3.05) is 6.54 Å². The molecule has 0 radical (unpaired) electrons. The molecule has 2 rings (SSSR count). The number of hydrogen-bond acceptors (Lipinski definition) is 2. The summed E-state index contributed by atoms with van der Waals surface area (Å²) in [5.41, 5.74) is 2.15. The molecule has 0 fully saturated rings. The van der Waals surface area contributed by atoms with E-state index in [4.69, 9.17) is 0 Å². The molecule has 1 aromatic rings. The third-order valence-corrected chi connectivity index (χ3v) is 3.65. The standard InChI is InChI=1S/C15H22N2O2/c1-2-3-6-9-16-14(18)12-10-11-7-4-5-8-13(11)17-15(12)19/h10H,2-9H2,1H3,(H,16,18)(H,17,19). The van der Waals surface area contributed by atoms with Gasteiger partial charge < -0.3 is 10.3 Å². The van der Waals surface area contributed by atoms with E-state index in [9.17, 15) is 9.59 Å². The largest absolute Gasteiger partial charge is 0.352 e. The molecule has 4 nitrogen and oxygen atoms in total. The molecule has 0 atom stereocenters. The van der Waals surface area contributed by atoms with Gasteiger partial charge in [0, 0.05) is 12.2 Å². The van der Waals surface area contributed by atoms with E-state index in [1.807, 2.05) is 0 Å². The van der Waals surface area contributed by atoms with E-state index in [0.717, 1.165) is 56.2 Å². The van der Waals surface area contributed by atoms with Crippen molar-refractivity contribution in [3.05, 3.63) is 33.2 Å². The lowest BCUT2D eigenvalue weighted by Crippen LogP contribution is -2.31. The van der Waals surface area contributed by atoms with Crippen LogP contribution in [-0.2, 0) is 12.8 Å². The molecule has 0 aliphatic heterocycles. The Morgan fingerprint density at radius 3 is 2.89 bits per heavy atom. The molecule has 19 heavy (non-hydrogen) atoms. The van der Waals surface area contributed by atoms with Crippen molar-refractivity contribution in [3.8, 4) is 0 Å². The number of rotatable bonds is 5. The smallest absolute Gasteiger partial charge is 0.261 e. The first-order valence-corrected chi connectivity index (χ1v) is 7.25. The van der Waals surface area contributed by atoms with Gasteiger partial charge in [0.2, 0.25) is 0 Å². The summed E-state index contributed by atoms with van der Waals surface area (Å²) in [7, 11) is 0. The van der Waals surface area contributed by atoms with Gasteiger partial charge in [-0.2, -0.15) is 0 Å². The van der Waals surface area contributed by atoms with Crippen molar-refractivity contribution in [1.29, 1.82) is 0 Å². The van der Waals surface area contributed by atoms with Gasteiger partial charge in [0.25, 0.3) is 11.5 Å². The number of amides is 1. The maximum absolute atomic E-state index is 12.0. The summed E-state index contributed by atoms with van der Waals surface area (Å²) in [6.07, 6.45) is 7.31. The van der Waals surface area contributed by atoms with E-state index in [1.165, 1.54) is 0 Å². The van der Waals surface area contributed by atoms with Gasteiger partial charge in [-0.1, -0.05) is 19.8 Å². The van der Waals surface area contributed by atoms with Crippen molar-refractivity contribution in [1.82, 2.24) is 10.3 Å². The zero-order chi connectivity index (χ0) is 13.7. The van der Waals surface area contributed by atoms with Crippen LogP contribution in [0.2, 0.25) is 0 Å². The Labute approximate surface area is 113 Å². The molecule has 2 N–H and O–H groups in total. The van der Waals surface area contributed by atoms with E-state index >= 15 is 0 Å². The molecular formula is C15H22N2O2. The second-order valence-corrected chi connectivity index (χ2v) is 5.19. The van der Waals surface area contributed by atoms with Crippen LogP contribution < -0.4 is 10.9 Å². The van der Waals surface area contributed by atoms with Crippen LogP contribution in [0.3, 0.4) is 0 Å². The highest BCUT2D eigenvalue weighted by atomic mass is 16.2. The summed E-state index contributed by atoms with van der Waals surface area (Å²) < 4.78 is 0. The van der Waals surface area contributed by atoms with E-state index in [0.29, 0.717) is 6.54 Å². The molecule has 4 heteroatoms. The Morgan fingerprint density at radius 1 is 1.32 bits per heavy atom. The predicted octanol–water partition coefficient (Wildman–Crippen LogP) is 2.17. The maximum Gasteiger partial charge on any atom is 0.261 e. The highest BCUT2D eigenvalue weighted by molar-refractivity contribution is 5.94. The number of H-pyrrole nitrogens is 1. The second kappa shape index (κ2) is 6.55. The van der Waals surface area contributed by atoms with Crippen LogP contribution in [0, 0.1) is 0 Å². The molecule has 1 aliphatic rings. The van der Waals surface area contributed by atoms with E-state index in [2.05, 4.69) is 17.2 Å². The number of aromatic amines is 1. The van der Waals surface area contributed by atoms with Crippen LogP contribution in [0.4, 0.5) is 0 Å². The van der Waals surface area contributed by atoms with Crippen LogP contribution in [0.5, 0.6) is 0 Å². The van der Waals surface area contributed by atoms with Gasteiger partial charge in [-0.05, 0) is 43.7 Å². The summed E-state index contributed by atoms with van der Waals surface area (Å²) >= 11 is 0. The fourth-order valence-electron chi connectivity index (χ4n) is 2.52. The number of carbonyl (C=O) groups is 1. The minimum absolute atomic E-state index is 0.245. The van der Waals surface area contributed by atoms with Gasteiger partial charge >= 0.3 is 0 Å². The minimum Gasteiger partial charge on any atom is -0.352 e. The third kappa shape index (κ3) is 3.46. The molecule has 0 saturated carbocycles. The fourth-order valence-corrected chi connectivity index (χ4v) is 2.52. The Hall–Kier alpha value is -1.58. The Bertz CT molecular complexity index is 505. The van der Waals surface area contributed by atoms with Gasteiger partial charge in [-0.15, -0.1) is 0 Å². The zero-order valence-corrected chi connectivity index (χ0v) is 11.6. The fraction of sp³-hybridized carbons (Fsp3) is 0.600. The molecule has 1 heterocycles. The van der Waals surface area contributed by atoms with Gasteiger partial charge in [-0.3, -0.25) is 9.59 Å². The number of pyridine rings is 1. The molecule has 0 spiro atoms. The Balaban J connectivity index is 2.07. The average molecular weight is 262 g/mol. The number of hydrogen-bond donors (Lipinski definition) is 2. The zero-order valence-electron chi connectivity index (χ0n) is 11.6. The summed E-state index contributed by atoms with van der Waals surface area (Å²) in [4.78, 5) is 26.8. The highest BCUT2D eigenvalue weighted by Crippen LogP contribution is 2.18. The third-order valence-electron chi connectivity index (χ3n) is 3.65. The lowest BCUT2D eigenvalue weighted by Gasteiger charge is -2.15. The van der Waals surface area contributed by atoms with Crippen LogP contribution in [0.25, 0.3) is 0 Å². The van der Waals surface area contributed by atoms with Gasteiger partial charge in [0.05, 0.1) is 0 Å². The summed E-state index contributed by atoms with van der Waals surface area (Å²) in [5, 5.41) is 2.82. The number of aryl methyl sites for hydroxylation is 2. The molecule has 0 bridgehead atoms. The van der Waals surface area contributed by atoms with Crippen molar-refractivity contribution < 1.29 is 4.79 Å². The molecule has 1 aromatic heterocycles. The van der Waals surface area contributed by atoms with E-state index in [-0.39, 0.29) is 17.0 Å². The lowest BCUT2D eigenvalue weighted by molar-refractivity contribution is 0.0951. The first-order valence-electron chi connectivity index (χ1n) is 7.25. The van der Waals surface area contributed by atoms with Gasteiger partial charge in [-0.25, -0.2) is 0 Å². The molecular weight excluding hydrogens is 240 g/mol. The molecule has 0 unspecified atom stereocenters. The second-order valence-electron chi connectivity index (χ2n) is 5.19. The lowest BCUT2D eigenvalue weighted by atomic mass is 9.95. The average Bonchev–Trinajstić information content (AvgIpc) is 2.42. The normalized spacial score (nSPS) is 13.9. The first kappa shape index (κ1) is 13.8.